The highest BCUT2D eigenvalue weighted by Crippen LogP contribution is 2.22. The summed E-state index contributed by atoms with van der Waals surface area (Å²) in [5, 5.41) is 19.2. The number of aliphatic hydroxyl groups is 2. The van der Waals surface area contributed by atoms with E-state index in [2.05, 4.69) is 11.3 Å². The van der Waals surface area contributed by atoms with Crippen molar-refractivity contribution in [1.82, 2.24) is 0 Å². The van der Waals surface area contributed by atoms with E-state index >= 15 is 0 Å². The van der Waals surface area contributed by atoms with E-state index in [1.807, 2.05) is 0 Å². The lowest BCUT2D eigenvalue weighted by Crippen LogP contribution is -2.35. The first-order valence-corrected chi connectivity index (χ1v) is 5.01. The molecule has 6 heteroatoms. The maximum atomic E-state index is 9.62. The predicted octanol–water partition coefficient (Wildman–Crippen LogP) is -0.744. The van der Waals surface area contributed by atoms with Crippen molar-refractivity contribution in [2.24, 2.45) is 0 Å². The Morgan fingerprint density at radius 3 is 2.75 bits per heavy atom. The fraction of sp³-hybridized carbons (Fsp3) is 0.800. The van der Waals surface area contributed by atoms with Crippen LogP contribution < -0.4 is 0 Å². The molecule has 4 atom stereocenters. The van der Waals surface area contributed by atoms with Crippen LogP contribution >= 0.6 is 0 Å². The summed E-state index contributed by atoms with van der Waals surface area (Å²) >= 11 is 0. The minimum Gasteiger partial charge on any atom is -0.387 e. The molecule has 16 heavy (non-hydrogen) atoms. The van der Waals surface area contributed by atoms with Gasteiger partial charge in [-0.2, -0.15) is 0 Å². The number of methoxy groups -OCH3 is 1. The van der Waals surface area contributed by atoms with E-state index in [0.717, 1.165) is 0 Å². The minimum absolute atomic E-state index is 0.112. The van der Waals surface area contributed by atoms with Gasteiger partial charge >= 0.3 is 0 Å². The van der Waals surface area contributed by atoms with Crippen LogP contribution in [-0.4, -0.2) is 61.9 Å². The van der Waals surface area contributed by atoms with Gasteiger partial charge in [0.2, 0.25) is 0 Å². The van der Waals surface area contributed by atoms with E-state index < -0.39 is 24.6 Å². The number of rotatable bonds is 7. The predicted molar refractivity (Wildman–Crippen MR) is 54.7 cm³/mol. The third kappa shape index (κ3) is 3.51. The molecule has 0 bridgehead atoms. The third-order valence-corrected chi connectivity index (χ3v) is 2.18. The number of ether oxygens (including phenoxy) is 4. The van der Waals surface area contributed by atoms with Gasteiger partial charge in [-0.1, -0.05) is 6.08 Å². The van der Waals surface area contributed by atoms with Crippen molar-refractivity contribution in [3.05, 3.63) is 12.7 Å². The highest BCUT2D eigenvalue weighted by Gasteiger charge is 2.43. The molecule has 0 aromatic carbocycles. The van der Waals surface area contributed by atoms with Crippen LogP contribution in [0.15, 0.2) is 12.7 Å². The largest absolute Gasteiger partial charge is 0.387 e. The Kier molecular flexibility index (Phi) is 5.89. The summed E-state index contributed by atoms with van der Waals surface area (Å²) in [5.74, 6) is 0. The van der Waals surface area contributed by atoms with Gasteiger partial charge in [-0.3, -0.25) is 0 Å². The molecule has 0 unspecified atom stereocenters. The van der Waals surface area contributed by atoms with Gasteiger partial charge in [-0.15, -0.1) is 6.58 Å². The van der Waals surface area contributed by atoms with Crippen molar-refractivity contribution in [2.45, 2.75) is 24.6 Å². The first-order valence-electron chi connectivity index (χ1n) is 5.01. The minimum atomic E-state index is -1.07. The molecule has 1 rings (SSSR count). The molecule has 94 valence electrons. The van der Waals surface area contributed by atoms with Gasteiger partial charge in [-0.05, 0) is 0 Å². The maximum absolute atomic E-state index is 9.62. The van der Waals surface area contributed by atoms with Crippen molar-refractivity contribution >= 4 is 0 Å². The monoisotopic (exact) mass is 234 g/mol. The number of aliphatic hydroxyl groups excluding tert-OH is 2. The van der Waals surface area contributed by atoms with Crippen molar-refractivity contribution in [3.63, 3.8) is 0 Å². The average Bonchev–Trinajstić information content (AvgIpc) is 2.55. The molecule has 0 radical (unpaired) electrons. The van der Waals surface area contributed by atoms with Gasteiger partial charge in [-0.25, -0.2) is 0 Å². The summed E-state index contributed by atoms with van der Waals surface area (Å²) in [7, 11) is 1.50. The van der Waals surface area contributed by atoms with Crippen LogP contribution in [0.5, 0.6) is 0 Å². The topological polar surface area (TPSA) is 77.4 Å². The number of hydrogen-bond acceptors (Lipinski definition) is 6. The van der Waals surface area contributed by atoms with Crippen molar-refractivity contribution in [2.75, 3.05) is 27.1 Å². The van der Waals surface area contributed by atoms with Crippen molar-refractivity contribution in [1.29, 1.82) is 0 Å². The molecule has 1 heterocycles. The van der Waals surface area contributed by atoms with Crippen LogP contribution in [0.1, 0.15) is 0 Å². The molecule has 0 aromatic heterocycles. The standard InChI is InChI=1S/C10H18O6/c1-3-4-15-10-9(12)8(11)7(16-10)5-14-6-13-2/h3,7-12H,1,4-6H2,2H3/t7-,8+,9+,10-/m1/s1. The molecular weight excluding hydrogens is 216 g/mol. The van der Waals surface area contributed by atoms with E-state index in [0.29, 0.717) is 0 Å². The zero-order valence-corrected chi connectivity index (χ0v) is 9.24. The third-order valence-electron chi connectivity index (χ3n) is 2.18. The highest BCUT2D eigenvalue weighted by molar-refractivity contribution is 4.87. The molecular formula is C10H18O6. The van der Waals surface area contributed by atoms with Crippen LogP contribution in [0.3, 0.4) is 0 Å². The summed E-state index contributed by atoms with van der Waals surface area (Å²) in [6.45, 7) is 3.98. The second kappa shape index (κ2) is 6.95. The lowest BCUT2D eigenvalue weighted by Gasteiger charge is -2.13. The molecule has 0 aliphatic carbocycles. The maximum Gasteiger partial charge on any atom is 0.187 e. The van der Waals surface area contributed by atoms with Gasteiger partial charge in [0.25, 0.3) is 0 Å². The first-order chi connectivity index (χ1) is 7.70. The van der Waals surface area contributed by atoms with Crippen molar-refractivity contribution in [3.8, 4) is 0 Å². The molecule has 1 saturated heterocycles. The molecule has 1 aliphatic rings. The summed E-state index contributed by atoms with van der Waals surface area (Å²) < 4.78 is 20.2. The summed E-state index contributed by atoms with van der Waals surface area (Å²) in [6, 6.07) is 0. The van der Waals surface area contributed by atoms with Crippen LogP contribution in [-0.2, 0) is 18.9 Å². The molecule has 0 spiro atoms. The van der Waals surface area contributed by atoms with Gasteiger partial charge in [0.15, 0.2) is 6.29 Å². The molecule has 0 amide bonds. The van der Waals surface area contributed by atoms with E-state index in [1.54, 1.807) is 0 Å². The van der Waals surface area contributed by atoms with Gasteiger partial charge in [0.05, 0.1) is 13.2 Å². The van der Waals surface area contributed by atoms with Crippen molar-refractivity contribution < 1.29 is 29.2 Å². The summed E-state index contributed by atoms with van der Waals surface area (Å²) in [6.07, 6.45) is -2.01. The van der Waals surface area contributed by atoms with E-state index in [4.69, 9.17) is 14.2 Å². The van der Waals surface area contributed by atoms with Crippen LogP contribution in [0.25, 0.3) is 0 Å². The summed E-state index contributed by atoms with van der Waals surface area (Å²) in [5.41, 5.74) is 0. The van der Waals surface area contributed by atoms with E-state index in [-0.39, 0.29) is 20.0 Å². The Morgan fingerprint density at radius 2 is 2.12 bits per heavy atom. The summed E-state index contributed by atoms with van der Waals surface area (Å²) in [4.78, 5) is 0. The highest BCUT2D eigenvalue weighted by atomic mass is 16.7. The molecule has 2 N–H and O–H groups in total. The first kappa shape index (κ1) is 13.6. The van der Waals surface area contributed by atoms with E-state index in [9.17, 15) is 10.2 Å². The SMILES string of the molecule is C=CCO[C@@H]1O[C@H](COCOC)[C@H](O)[C@@H]1O. The molecule has 0 saturated carbocycles. The Bertz CT molecular complexity index is 209. The molecule has 6 nitrogen and oxygen atoms in total. The van der Waals surface area contributed by atoms with E-state index in [1.165, 1.54) is 13.2 Å². The average molecular weight is 234 g/mol. The fourth-order valence-corrected chi connectivity index (χ4v) is 1.40. The van der Waals surface area contributed by atoms with Gasteiger partial charge in [0.1, 0.15) is 25.1 Å². The van der Waals surface area contributed by atoms with Gasteiger partial charge < -0.3 is 29.2 Å². The smallest absolute Gasteiger partial charge is 0.187 e. The fourth-order valence-electron chi connectivity index (χ4n) is 1.40. The normalized spacial score (nSPS) is 34.2. The Hall–Kier alpha value is -0.500. The Labute approximate surface area is 94.4 Å². The van der Waals surface area contributed by atoms with Crippen LogP contribution in [0, 0.1) is 0 Å². The number of hydrogen-bond donors (Lipinski definition) is 2. The molecule has 1 aliphatic heterocycles. The quantitative estimate of drug-likeness (QED) is 0.343. The zero-order chi connectivity index (χ0) is 12.0. The lowest BCUT2D eigenvalue weighted by molar-refractivity contribution is -0.170. The lowest BCUT2D eigenvalue weighted by atomic mass is 10.1. The zero-order valence-electron chi connectivity index (χ0n) is 9.24. The Morgan fingerprint density at radius 1 is 1.38 bits per heavy atom. The van der Waals surface area contributed by atoms with Crippen LogP contribution in [0.2, 0.25) is 0 Å². The second-order valence-electron chi connectivity index (χ2n) is 3.42. The Balaban J connectivity index is 2.34. The molecule has 1 fully saturated rings. The molecule has 0 aromatic rings. The van der Waals surface area contributed by atoms with Gasteiger partial charge in [0, 0.05) is 7.11 Å². The second-order valence-corrected chi connectivity index (χ2v) is 3.42. The van der Waals surface area contributed by atoms with Crippen LogP contribution in [0.4, 0.5) is 0 Å².